The van der Waals surface area contributed by atoms with Gasteiger partial charge in [0.25, 0.3) is 5.91 Å². The number of ether oxygens (including phenoxy) is 1. The van der Waals surface area contributed by atoms with Gasteiger partial charge in [-0.25, -0.2) is 4.79 Å². The molecule has 0 spiro atoms. The number of hydrogen-bond donors (Lipinski definition) is 3. The fourth-order valence-electron chi connectivity index (χ4n) is 2.54. The Morgan fingerprint density at radius 1 is 1.06 bits per heavy atom. The summed E-state index contributed by atoms with van der Waals surface area (Å²) < 4.78 is 65.7. The summed E-state index contributed by atoms with van der Waals surface area (Å²) in [6, 6.07) is 10.9. The molecule has 0 aliphatic carbocycles. The third-order valence-electron chi connectivity index (χ3n) is 3.98. The first-order chi connectivity index (χ1) is 16.3. The first kappa shape index (κ1) is 18.9. The molecule has 0 saturated carbocycles. The zero-order chi connectivity index (χ0) is 25.8. The van der Waals surface area contributed by atoms with E-state index in [4.69, 9.17) is 20.5 Å². The fourth-order valence-corrected chi connectivity index (χ4v) is 2.82. The Morgan fingerprint density at radius 3 is 2.50 bits per heavy atom. The highest BCUT2D eigenvalue weighted by Crippen LogP contribution is 2.38. The van der Waals surface area contributed by atoms with Gasteiger partial charge >= 0.3 is 12.2 Å². The van der Waals surface area contributed by atoms with E-state index in [9.17, 15) is 22.8 Å². The highest BCUT2D eigenvalue weighted by molar-refractivity contribution is 6.34. The van der Waals surface area contributed by atoms with Crippen molar-refractivity contribution in [1.82, 2.24) is 10.3 Å². The summed E-state index contributed by atoms with van der Waals surface area (Å²) in [5.74, 6) is -0.388. The Kier molecular flexibility index (Phi) is 5.66. The lowest BCUT2D eigenvalue weighted by Crippen LogP contribution is -2.20. The molecule has 7 nitrogen and oxygen atoms in total. The highest BCUT2D eigenvalue weighted by atomic mass is 35.5. The van der Waals surface area contributed by atoms with E-state index in [0.717, 1.165) is 12.1 Å². The number of pyridine rings is 1. The van der Waals surface area contributed by atoms with Gasteiger partial charge in [-0.05, 0) is 42.5 Å². The van der Waals surface area contributed by atoms with Crippen LogP contribution in [0.3, 0.4) is 0 Å². The molecule has 3 N–H and O–H groups in total. The monoisotopic (exact) mass is 467 g/mol. The molecule has 0 saturated heterocycles. The number of benzene rings is 2. The molecule has 0 bridgehead atoms. The normalized spacial score (nSPS) is 12.7. The Hall–Kier alpha value is -3.79. The van der Waals surface area contributed by atoms with Gasteiger partial charge in [-0.2, -0.15) is 13.2 Å². The lowest BCUT2D eigenvalue weighted by molar-refractivity contribution is -0.137. The molecule has 0 radical (unpaired) electrons. The molecule has 1 heterocycles. The van der Waals surface area contributed by atoms with Crippen LogP contribution in [0.15, 0.2) is 60.8 Å². The second-order valence-corrected chi connectivity index (χ2v) is 6.58. The second kappa shape index (κ2) is 9.56. The molecule has 0 atom stereocenters. The number of hydrogen-bond acceptors (Lipinski definition) is 4. The van der Waals surface area contributed by atoms with Crippen molar-refractivity contribution in [3.05, 3.63) is 77.1 Å². The molecular weight excluding hydrogens is 449 g/mol. The van der Waals surface area contributed by atoms with Crippen LogP contribution in [0.4, 0.5) is 29.3 Å². The molecule has 0 unspecified atom stereocenters. The van der Waals surface area contributed by atoms with E-state index in [0.29, 0.717) is 11.4 Å². The van der Waals surface area contributed by atoms with Crippen molar-refractivity contribution >= 4 is 34.9 Å². The van der Waals surface area contributed by atoms with Gasteiger partial charge in [0.2, 0.25) is 0 Å². The van der Waals surface area contributed by atoms with Crippen LogP contribution in [0.2, 0.25) is 5.02 Å². The first-order valence-electron chi connectivity index (χ1n) is 10.3. The number of nitrogens with one attached hydrogen (secondary N) is 3. The maximum atomic E-state index is 13.0. The summed E-state index contributed by atoms with van der Waals surface area (Å²) in [6.07, 6.45) is -3.40. The van der Waals surface area contributed by atoms with Crippen LogP contribution in [0, 0.1) is 0 Å². The predicted octanol–water partition coefficient (Wildman–Crippen LogP) is 5.55. The molecule has 3 amide bonds. The maximum Gasteiger partial charge on any atom is 0.417 e. The minimum Gasteiger partial charge on any atom is -0.457 e. The number of urea groups is 1. The first-order valence-corrected chi connectivity index (χ1v) is 9.20. The minimum absolute atomic E-state index is 0.165. The summed E-state index contributed by atoms with van der Waals surface area (Å²) >= 11 is 5.76. The quantitative estimate of drug-likeness (QED) is 0.458. The van der Waals surface area contributed by atoms with Crippen molar-refractivity contribution in [1.29, 1.82) is 0 Å². The van der Waals surface area contributed by atoms with Crippen molar-refractivity contribution < 1.29 is 31.6 Å². The maximum absolute atomic E-state index is 13.0. The number of amides is 3. The molecule has 1 aromatic heterocycles. The predicted molar refractivity (Wildman–Crippen MR) is 113 cm³/mol. The van der Waals surface area contributed by atoms with Gasteiger partial charge < -0.3 is 20.7 Å². The number of anilines is 2. The van der Waals surface area contributed by atoms with Crippen LogP contribution in [0.25, 0.3) is 0 Å². The fraction of sp³-hybridized carbons (Fsp3) is 0.0952. The largest absolute Gasteiger partial charge is 0.457 e. The highest BCUT2D eigenvalue weighted by Gasteiger charge is 2.34. The van der Waals surface area contributed by atoms with E-state index in [1.165, 1.54) is 48.7 Å². The molecule has 3 aromatic rings. The van der Waals surface area contributed by atoms with E-state index in [1.54, 1.807) is 0 Å². The molecule has 2 aromatic carbocycles. The number of carbonyl (C=O) groups is 2. The Bertz CT molecular complexity index is 1240. The summed E-state index contributed by atoms with van der Waals surface area (Å²) in [4.78, 5) is 27.9. The smallest absolute Gasteiger partial charge is 0.417 e. The number of halogens is 4. The lowest BCUT2D eigenvalue weighted by atomic mass is 10.2. The summed E-state index contributed by atoms with van der Waals surface area (Å²) in [5.41, 5.74) is -1.16. The van der Waals surface area contributed by atoms with E-state index < -0.39 is 35.7 Å². The topological polar surface area (TPSA) is 92.4 Å². The number of nitrogens with zero attached hydrogens (tertiary/aromatic N) is 1. The second-order valence-electron chi connectivity index (χ2n) is 6.20. The zero-order valence-corrected chi connectivity index (χ0v) is 16.7. The molecule has 11 heteroatoms. The van der Waals surface area contributed by atoms with Crippen LogP contribution in [-0.2, 0) is 6.18 Å². The van der Waals surface area contributed by atoms with Crippen molar-refractivity contribution in [3.8, 4) is 11.5 Å². The summed E-state index contributed by atoms with van der Waals surface area (Å²) in [5, 5.41) is 5.89. The summed E-state index contributed by atoms with van der Waals surface area (Å²) in [7, 11) is 0. The zero-order valence-electron chi connectivity index (χ0n) is 19.0. The minimum atomic E-state index is -4.67. The van der Waals surface area contributed by atoms with Gasteiger partial charge in [-0.1, -0.05) is 17.7 Å². The van der Waals surface area contributed by atoms with Gasteiger partial charge in [0.15, 0.2) is 0 Å². The summed E-state index contributed by atoms with van der Waals surface area (Å²) in [6.45, 7) is -2.67. The molecule has 166 valence electrons. The lowest BCUT2D eigenvalue weighted by Gasteiger charge is -2.14. The van der Waals surface area contributed by atoms with Gasteiger partial charge in [-0.3, -0.25) is 9.78 Å². The van der Waals surface area contributed by atoms with E-state index >= 15 is 0 Å². The Morgan fingerprint density at radius 2 is 1.81 bits per heavy atom. The van der Waals surface area contributed by atoms with Gasteiger partial charge in [0, 0.05) is 29.0 Å². The molecule has 0 aliphatic rings. The number of rotatable bonds is 5. The van der Waals surface area contributed by atoms with Crippen LogP contribution in [0.5, 0.6) is 11.5 Å². The third-order valence-corrected chi connectivity index (χ3v) is 4.38. The average Bonchev–Trinajstić information content (AvgIpc) is 2.75. The van der Waals surface area contributed by atoms with Crippen LogP contribution < -0.4 is 20.7 Å². The van der Waals surface area contributed by atoms with E-state index in [2.05, 4.69) is 15.6 Å². The third kappa shape index (κ3) is 5.67. The Balaban J connectivity index is 1.63. The van der Waals surface area contributed by atoms with E-state index in [1.807, 2.05) is 5.32 Å². The van der Waals surface area contributed by atoms with Crippen LogP contribution in [-0.4, -0.2) is 23.9 Å². The molecule has 0 fully saturated rings. The Labute approximate surface area is 189 Å². The van der Waals surface area contributed by atoms with Crippen LogP contribution >= 0.6 is 11.6 Å². The standard InChI is InChI=1S/C21H16ClF3N4O3/c1-26-19(30)17-11-14(9-10-27-17)32-13-7-5-12(6-8-13)28-20(31)29-16-4-2-3-15(18(16)22)21(23,24)25/h2-11H,1H3,(H,26,30)(H2,28,29,31)/i1D3. The number of aromatic nitrogens is 1. The van der Waals surface area contributed by atoms with Crippen molar-refractivity contribution in [3.63, 3.8) is 0 Å². The van der Waals surface area contributed by atoms with E-state index in [-0.39, 0.29) is 17.1 Å². The van der Waals surface area contributed by atoms with Gasteiger partial charge in [0.1, 0.15) is 17.2 Å². The average molecular weight is 468 g/mol. The van der Waals surface area contributed by atoms with Gasteiger partial charge in [-0.15, -0.1) is 0 Å². The number of carbonyl (C=O) groups excluding carboxylic acids is 2. The number of alkyl halides is 3. The molecule has 0 aliphatic heterocycles. The van der Waals surface area contributed by atoms with Gasteiger partial charge in [0.05, 0.1) is 16.3 Å². The van der Waals surface area contributed by atoms with Crippen molar-refractivity contribution in [2.75, 3.05) is 17.6 Å². The SMILES string of the molecule is [2H]C([2H])([2H])NC(=O)c1cc(Oc2ccc(NC(=O)Nc3cccc(C(F)(F)F)c3Cl)cc2)ccn1. The molecule has 32 heavy (non-hydrogen) atoms. The van der Waals surface area contributed by atoms with Crippen molar-refractivity contribution in [2.24, 2.45) is 0 Å². The molecule has 3 rings (SSSR count). The van der Waals surface area contributed by atoms with Crippen LogP contribution in [0.1, 0.15) is 20.2 Å². The molecular formula is C21H16ClF3N4O3. The van der Waals surface area contributed by atoms with Crippen molar-refractivity contribution in [2.45, 2.75) is 6.18 Å².